The average molecular weight is 370 g/mol. The lowest BCUT2D eigenvalue weighted by Gasteiger charge is -2.21. The first kappa shape index (κ1) is 17.4. The second kappa shape index (κ2) is 7.29. The topological polar surface area (TPSA) is 30.3 Å². The van der Waals surface area contributed by atoms with E-state index in [1.165, 1.54) is 18.4 Å². The molecule has 1 aliphatic rings. The van der Waals surface area contributed by atoms with Crippen LogP contribution < -0.4 is 4.74 Å². The van der Waals surface area contributed by atoms with Crippen molar-refractivity contribution in [3.63, 3.8) is 0 Å². The van der Waals surface area contributed by atoms with Gasteiger partial charge in [-0.2, -0.15) is 0 Å². The van der Waals surface area contributed by atoms with Gasteiger partial charge < -0.3 is 9.30 Å². The Morgan fingerprint density at radius 3 is 2.65 bits per heavy atom. The van der Waals surface area contributed by atoms with Crippen molar-refractivity contribution < 1.29 is 4.74 Å². The van der Waals surface area contributed by atoms with E-state index >= 15 is 0 Å². The van der Waals surface area contributed by atoms with Crippen LogP contribution >= 0.6 is 11.6 Å². The number of fused-ring (bicyclic) bond motifs is 1. The summed E-state index contributed by atoms with van der Waals surface area (Å²) < 4.78 is 7.75. The van der Waals surface area contributed by atoms with Crippen LogP contribution in [0, 0.1) is 0 Å². The molecule has 0 N–H and O–H groups in total. The van der Waals surface area contributed by atoms with Gasteiger partial charge in [0.2, 0.25) is 0 Å². The van der Waals surface area contributed by atoms with Crippen LogP contribution in [0.25, 0.3) is 11.0 Å². The van der Waals surface area contributed by atoms with Crippen molar-refractivity contribution in [3.8, 4) is 5.75 Å². The number of hydrogen-bond acceptors (Lipinski definition) is 3. The number of hydrogen-bond donors (Lipinski definition) is 0. The highest BCUT2D eigenvalue weighted by Crippen LogP contribution is 2.26. The fourth-order valence-corrected chi connectivity index (χ4v) is 3.88. The number of halogens is 1. The van der Waals surface area contributed by atoms with Gasteiger partial charge in [0.25, 0.3) is 0 Å². The SMILES string of the molecule is COc1ccc2nc(CN3CCC[C@H]3C)n(Cc3ccc(Cl)cc3)c2c1. The maximum atomic E-state index is 6.05. The largest absolute Gasteiger partial charge is 0.497 e. The molecule has 2 heterocycles. The smallest absolute Gasteiger partial charge is 0.124 e. The molecule has 1 fully saturated rings. The second-order valence-electron chi connectivity index (χ2n) is 7.06. The maximum absolute atomic E-state index is 6.05. The maximum Gasteiger partial charge on any atom is 0.124 e. The van der Waals surface area contributed by atoms with Gasteiger partial charge >= 0.3 is 0 Å². The van der Waals surface area contributed by atoms with Crippen LogP contribution in [-0.4, -0.2) is 34.1 Å². The van der Waals surface area contributed by atoms with Gasteiger partial charge in [-0.3, -0.25) is 4.90 Å². The standard InChI is InChI=1S/C21H24ClN3O/c1-15-4-3-11-24(15)14-21-23-19-10-9-18(26-2)12-20(19)25(21)13-16-5-7-17(22)8-6-16/h5-10,12,15H,3-4,11,13-14H2,1-2H3/t15-/m1/s1. The quantitative estimate of drug-likeness (QED) is 0.651. The molecule has 1 atom stereocenters. The molecule has 1 aromatic heterocycles. The summed E-state index contributed by atoms with van der Waals surface area (Å²) in [5.41, 5.74) is 3.34. The first-order valence-corrected chi connectivity index (χ1v) is 9.53. The third kappa shape index (κ3) is 3.44. The van der Waals surface area contributed by atoms with Gasteiger partial charge in [-0.05, 0) is 56.1 Å². The zero-order valence-electron chi connectivity index (χ0n) is 15.3. The lowest BCUT2D eigenvalue weighted by Crippen LogP contribution is -2.28. The molecule has 3 aromatic rings. The zero-order valence-corrected chi connectivity index (χ0v) is 16.0. The molecule has 0 amide bonds. The Bertz CT molecular complexity index is 904. The highest BCUT2D eigenvalue weighted by atomic mass is 35.5. The van der Waals surface area contributed by atoms with E-state index in [4.69, 9.17) is 21.3 Å². The van der Waals surface area contributed by atoms with Crippen molar-refractivity contribution in [3.05, 3.63) is 58.9 Å². The van der Waals surface area contributed by atoms with Crippen molar-refractivity contribution in [2.75, 3.05) is 13.7 Å². The number of ether oxygens (including phenoxy) is 1. The summed E-state index contributed by atoms with van der Waals surface area (Å²) in [4.78, 5) is 7.46. The molecule has 0 spiro atoms. The van der Waals surface area contributed by atoms with Crippen molar-refractivity contribution in [1.29, 1.82) is 0 Å². The van der Waals surface area contributed by atoms with Gasteiger partial charge in [-0.15, -0.1) is 0 Å². The van der Waals surface area contributed by atoms with E-state index in [0.29, 0.717) is 6.04 Å². The lowest BCUT2D eigenvalue weighted by molar-refractivity contribution is 0.251. The highest BCUT2D eigenvalue weighted by molar-refractivity contribution is 6.30. The number of methoxy groups -OCH3 is 1. The van der Waals surface area contributed by atoms with E-state index in [1.807, 2.05) is 24.3 Å². The summed E-state index contributed by atoms with van der Waals surface area (Å²) in [7, 11) is 1.70. The van der Waals surface area contributed by atoms with Crippen LogP contribution in [0.3, 0.4) is 0 Å². The van der Waals surface area contributed by atoms with E-state index in [9.17, 15) is 0 Å². The van der Waals surface area contributed by atoms with E-state index < -0.39 is 0 Å². The van der Waals surface area contributed by atoms with Crippen LogP contribution in [0.5, 0.6) is 5.75 Å². The molecule has 2 aromatic carbocycles. The lowest BCUT2D eigenvalue weighted by atomic mass is 10.2. The van der Waals surface area contributed by atoms with Crippen LogP contribution in [0.1, 0.15) is 31.2 Å². The van der Waals surface area contributed by atoms with E-state index in [2.05, 4.69) is 34.6 Å². The Kier molecular flexibility index (Phi) is 4.88. The molecule has 0 aliphatic carbocycles. The number of rotatable bonds is 5. The fourth-order valence-electron chi connectivity index (χ4n) is 3.76. The molecular formula is C21H24ClN3O. The van der Waals surface area contributed by atoms with Crippen LogP contribution in [0.4, 0.5) is 0 Å². The first-order chi connectivity index (χ1) is 12.6. The van der Waals surface area contributed by atoms with Gasteiger partial charge in [0, 0.05) is 23.7 Å². The number of benzene rings is 2. The summed E-state index contributed by atoms with van der Waals surface area (Å²) in [6, 6.07) is 14.8. The fraction of sp³-hybridized carbons (Fsp3) is 0.381. The van der Waals surface area contributed by atoms with Gasteiger partial charge in [0.15, 0.2) is 0 Å². The van der Waals surface area contributed by atoms with E-state index in [-0.39, 0.29) is 0 Å². The molecule has 26 heavy (non-hydrogen) atoms. The minimum Gasteiger partial charge on any atom is -0.497 e. The summed E-state index contributed by atoms with van der Waals surface area (Å²) in [5, 5.41) is 0.761. The first-order valence-electron chi connectivity index (χ1n) is 9.15. The molecule has 0 unspecified atom stereocenters. The van der Waals surface area contributed by atoms with E-state index in [1.54, 1.807) is 7.11 Å². The van der Waals surface area contributed by atoms with Crippen LogP contribution in [-0.2, 0) is 13.1 Å². The van der Waals surface area contributed by atoms with Crippen LogP contribution in [0.2, 0.25) is 5.02 Å². The van der Waals surface area contributed by atoms with Crippen molar-refractivity contribution in [2.45, 2.75) is 38.9 Å². The Balaban J connectivity index is 1.74. The van der Waals surface area contributed by atoms with Crippen molar-refractivity contribution in [1.82, 2.24) is 14.5 Å². The molecule has 1 saturated heterocycles. The van der Waals surface area contributed by atoms with Crippen molar-refractivity contribution >= 4 is 22.6 Å². The summed E-state index contributed by atoms with van der Waals surface area (Å²) in [5.74, 6) is 1.97. The van der Waals surface area contributed by atoms with Gasteiger partial charge in [0.05, 0.1) is 24.7 Å². The minimum absolute atomic E-state index is 0.619. The normalized spacial score (nSPS) is 17.9. The Labute approximate surface area is 159 Å². The second-order valence-corrected chi connectivity index (χ2v) is 7.49. The molecule has 0 bridgehead atoms. The van der Waals surface area contributed by atoms with Crippen molar-refractivity contribution in [2.24, 2.45) is 0 Å². The molecule has 0 radical (unpaired) electrons. The van der Waals surface area contributed by atoms with Gasteiger partial charge in [0.1, 0.15) is 11.6 Å². The molecule has 4 rings (SSSR count). The summed E-state index contributed by atoms with van der Waals surface area (Å²) in [6.45, 7) is 5.11. The minimum atomic E-state index is 0.619. The number of aromatic nitrogens is 2. The van der Waals surface area contributed by atoms with E-state index in [0.717, 1.165) is 47.3 Å². The Morgan fingerprint density at radius 1 is 1.15 bits per heavy atom. The molecule has 4 nitrogen and oxygen atoms in total. The van der Waals surface area contributed by atoms with Gasteiger partial charge in [-0.1, -0.05) is 23.7 Å². The molecule has 5 heteroatoms. The molecule has 136 valence electrons. The third-order valence-electron chi connectivity index (χ3n) is 5.32. The Hall–Kier alpha value is -2.04. The van der Waals surface area contributed by atoms with Gasteiger partial charge in [-0.25, -0.2) is 4.98 Å². The average Bonchev–Trinajstić information content (AvgIpc) is 3.20. The summed E-state index contributed by atoms with van der Waals surface area (Å²) >= 11 is 6.05. The van der Waals surface area contributed by atoms with Crippen LogP contribution in [0.15, 0.2) is 42.5 Å². The molecule has 0 saturated carbocycles. The third-order valence-corrected chi connectivity index (χ3v) is 5.58. The zero-order chi connectivity index (χ0) is 18.1. The summed E-state index contributed by atoms with van der Waals surface area (Å²) in [6.07, 6.45) is 2.54. The monoisotopic (exact) mass is 369 g/mol. The highest BCUT2D eigenvalue weighted by Gasteiger charge is 2.23. The number of imidazole rings is 1. The number of nitrogens with zero attached hydrogens (tertiary/aromatic N) is 3. The molecule has 1 aliphatic heterocycles. The molecular weight excluding hydrogens is 346 g/mol. The Morgan fingerprint density at radius 2 is 1.96 bits per heavy atom. The predicted octanol–water partition coefficient (Wildman–Crippen LogP) is 4.73. The predicted molar refractivity (Wildman–Crippen MR) is 106 cm³/mol. The number of likely N-dealkylation sites (tertiary alicyclic amines) is 1.